The minimum Gasteiger partial charge on any atom is -0.316 e. The van der Waals surface area contributed by atoms with Gasteiger partial charge >= 0.3 is 0 Å². The molecule has 0 bridgehead atoms. The minimum atomic E-state index is 0.898. The maximum Gasteiger partial charge on any atom is 0.0130 e. The third-order valence-electron chi connectivity index (χ3n) is 4.06. The molecule has 0 heterocycles. The Morgan fingerprint density at radius 1 is 1.17 bits per heavy atom. The van der Waals surface area contributed by atoms with E-state index in [1.807, 2.05) is 0 Å². The van der Waals surface area contributed by atoms with Crippen LogP contribution in [0.15, 0.2) is 24.3 Å². The molecule has 2 rings (SSSR count). The molecule has 0 saturated heterocycles. The third kappa shape index (κ3) is 4.23. The van der Waals surface area contributed by atoms with Crippen LogP contribution < -0.4 is 5.32 Å². The van der Waals surface area contributed by atoms with Gasteiger partial charge in [-0.1, -0.05) is 25.5 Å². The summed E-state index contributed by atoms with van der Waals surface area (Å²) in [5.41, 5.74) is 1.52. The number of rotatable bonds is 6. The highest BCUT2D eigenvalue weighted by Crippen LogP contribution is 2.33. The molecule has 0 spiro atoms. The smallest absolute Gasteiger partial charge is 0.0130 e. The molecular weight excluding hydrogens is 333 g/mol. The lowest BCUT2D eigenvalue weighted by Gasteiger charge is -2.20. The van der Waals surface area contributed by atoms with Gasteiger partial charge in [0.1, 0.15) is 0 Å². The lowest BCUT2D eigenvalue weighted by molar-refractivity contribution is 0.365. The Morgan fingerprint density at radius 2 is 1.89 bits per heavy atom. The van der Waals surface area contributed by atoms with Crippen molar-refractivity contribution >= 4 is 22.6 Å². The van der Waals surface area contributed by atoms with E-state index in [2.05, 4.69) is 59.1 Å². The van der Waals surface area contributed by atoms with Crippen LogP contribution in [0, 0.1) is 15.4 Å². The van der Waals surface area contributed by atoms with Crippen LogP contribution in [0.2, 0.25) is 0 Å². The summed E-state index contributed by atoms with van der Waals surface area (Å²) in [6.07, 6.45) is 6.79. The molecule has 18 heavy (non-hydrogen) atoms. The zero-order valence-electron chi connectivity index (χ0n) is 11.3. The minimum absolute atomic E-state index is 0.898. The van der Waals surface area contributed by atoms with Gasteiger partial charge in [-0.05, 0) is 90.9 Å². The van der Waals surface area contributed by atoms with Gasteiger partial charge < -0.3 is 5.32 Å². The summed E-state index contributed by atoms with van der Waals surface area (Å²) < 4.78 is 1.34. The molecule has 1 N–H and O–H groups in total. The first-order valence-electron chi connectivity index (χ1n) is 7.24. The highest BCUT2D eigenvalue weighted by molar-refractivity contribution is 14.1. The number of halogens is 1. The van der Waals surface area contributed by atoms with Gasteiger partial charge in [-0.25, -0.2) is 0 Å². The maximum absolute atomic E-state index is 3.60. The van der Waals surface area contributed by atoms with E-state index < -0.39 is 0 Å². The largest absolute Gasteiger partial charge is 0.316 e. The SMILES string of the molecule is CCCNCC1CCCC1Cc1ccc(I)cc1. The Hall–Kier alpha value is -0.0900. The van der Waals surface area contributed by atoms with Crippen molar-refractivity contribution in [3.63, 3.8) is 0 Å². The van der Waals surface area contributed by atoms with Crippen LogP contribution in [-0.2, 0) is 6.42 Å². The molecule has 0 amide bonds. The van der Waals surface area contributed by atoms with Crippen molar-refractivity contribution in [1.82, 2.24) is 5.32 Å². The molecular formula is C16H24IN. The summed E-state index contributed by atoms with van der Waals surface area (Å²) in [6, 6.07) is 9.07. The molecule has 1 saturated carbocycles. The molecule has 2 heteroatoms. The van der Waals surface area contributed by atoms with Crippen molar-refractivity contribution in [1.29, 1.82) is 0 Å². The van der Waals surface area contributed by atoms with Crippen LogP contribution in [-0.4, -0.2) is 13.1 Å². The number of hydrogen-bond donors (Lipinski definition) is 1. The van der Waals surface area contributed by atoms with Crippen molar-refractivity contribution in [3.05, 3.63) is 33.4 Å². The number of hydrogen-bond acceptors (Lipinski definition) is 1. The fourth-order valence-corrected chi connectivity index (χ4v) is 3.40. The van der Waals surface area contributed by atoms with Crippen LogP contribution >= 0.6 is 22.6 Å². The van der Waals surface area contributed by atoms with Crippen LogP contribution in [0.5, 0.6) is 0 Å². The van der Waals surface area contributed by atoms with Gasteiger partial charge in [-0.15, -0.1) is 0 Å². The second-order valence-electron chi connectivity index (χ2n) is 5.49. The predicted octanol–water partition coefficient (Wildman–Crippen LogP) is 4.25. The van der Waals surface area contributed by atoms with E-state index in [1.54, 1.807) is 0 Å². The third-order valence-corrected chi connectivity index (χ3v) is 4.78. The van der Waals surface area contributed by atoms with Crippen molar-refractivity contribution < 1.29 is 0 Å². The van der Waals surface area contributed by atoms with Crippen LogP contribution in [0.25, 0.3) is 0 Å². The van der Waals surface area contributed by atoms with E-state index >= 15 is 0 Å². The van der Waals surface area contributed by atoms with Gasteiger partial charge in [0.05, 0.1) is 0 Å². The van der Waals surface area contributed by atoms with E-state index in [9.17, 15) is 0 Å². The fourth-order valence-electron chi connectivity index (χ4n) is 3.04. The summed E-state index contributed by atoms with van der Waals surface area (Å²) in [4.78, 5) is 0. The van der Waals surface area contributed by atoms with Gasteiger partial charge in [-0.3, -0.25) is 0 Å². The van der Waals surface area contributed by atoms with E-state index in [0.29, 0.717) is 0 Å². The molecule has 2 unspecified atom stereocenters. The standard InChI is InChI=1S/C16H24IN/c1-2-10-18-12-15-5-3-4-14(15)11-13-6-8-16(17)9-7-13/h6-9,14-15,18H,2-5,10-12H2,1H3. The highest BCUT2D eigenvalue weighted by atomic mass is 127. The van der Waals surface area contributed by atoms with Gasteiger partial charge in [0.2, 0.25) is 0 Å². The monoisotopic (exact) mass is 357 g/mol. The molecule has 2 atom stereocenters. The molecule has 0 aromatic heterocycles. The summed E-state index contributed by atoms with van der Waals surface area (Å²) in [6.45, 7) is 4.64. The first kappa shape index (κ1) is 14.3. The Bertz CT molecular complexity index is 347. The van der Waals surface area contributed by atoms with Crippen molar-refractivity contribution in [2.45, 2.75) is 39.0 Å². The summed E-state index contributed by atoms with van der Waals surface area (Å²) in [5.74, 6) is 1.80. The van der Waals surface area contributed by atoms with Crippen molar-refractivity contribution in [3.8, 4) is 0 Å². The van der Waals surface area contributed by atoms with Crippen molar-refractivity contribution in [2.75, 3.05) is 13.1 Å². The van der Waals surface area contributed by atoms with Crippen LogP contribution in [0.1, 0.15) is 38.2 Å². The lowest BCUT2D eigenvalue weighted by atomic mass is 9.89. The summed E-state index contributed by atoms with van der Waals surface area (Å²) in [7, 11) is 0. The topological polar surface area (TPSA) is 12.0 Å². The average Bonchev–Trinajstić information content (AvgIpc) is 2.80. The second-order valence-corrected chi connectivity index (χ2v) is 6.73. The fraction of sp³-hybridized carbons (Fsp3) is 0.625. The first-order valence-corrected chi connectivity index (χ1v) is 8.32. The Labute approximate surface area is 125 Å². The lowest BCUT2D eigenvalue weighted by Crippen LogP contribution is -2.26. The van der Waals surface area contributed by atoms with Crippen molar-refractivity contribution in [2.24, 2.45) is 11.8 Å². The van der Waals surface area contributed by atoms with E-state index in [4.69, 9.17) is 0 Å². The zero-order chi connectivity index (χ0) is 12.8. The quantitative estimate of drug-likeness (QED) is 0.593. The highest BCUT2D eigenvalue weighted by Gasteiger charge is 2.26. The molecule has 1 aromatic rings. The molecule has 1 fully saturated rings. The Kier molecular flexibility index (Phi) is 5.96. The molecule has 1 aliphatic carbocycles. The second kappa shape index (κ2) is 7.49. The predicted molar refractivity (Wildman–Crippen MR) is 86.9 cm³/mol. The van der Waals surface area contributed by atoms with Crippen LogP contribution in [0.4, 0.5) is 0 Å². The van der Waals surface area contributed by atoms with E-state index in [-0.39, 0.29) is 0 Å². The zero-order valence-corrected chi connectivity index (χ0v) is 13.4. The molecule has 100 valence electrons. The normalized spacial score (nSPS) is 23.4. The van der Waals surface area contributed by atoms with Gasteiger partial charge in [-0.2, -0.15) is 0 Å². The Balaban J connectivity index is 1.85. The molecule has 1 nitrogen and oxygen atoms in total. The van der Waals surface area contributed by atoms with Gasteiger partial charge in [0.25, 0.3) is 0 Å². The first-order chi connectivity index (χ1) is 8.79. The average molecular weight is 357 g/mol. The number of benzene rings is 1. The maximum atomic E-state index is 3.60. The van der Waals surface area contributed by atoms with E-state index in [0.717, 1.165) is 11.8 Å². The molecule has 0 radical (unpaired) electrons. The molecule has 1 aromatic carbocycles. The van der Waals surface area contributed by atoms with Gasteiger partial charge in [0, 0.05) is 3.57 Å². The number of nitrogens with one attached hydrogen (secondary N) is 1. The van der Waals surface area contributed by atoms with Gasteiger partial charge in [0.15, 0.2) is 0 Å². The summed E-state index contributed by atoms with van der Waals surface area (Å²) >= 11 is 2.38. The summed E-state index contributed by atoms with van der Waals surface area (Å²) in [5, 5.41) is 3.60. The van der Waals surface area contributed by atoms with E-state index in [1.165, 1.54) is 54.3 Å². The molecule has 1 aliphatic rings. The molecule has 0 aliphatic heterocycles. The Morgan fingerprint density at radius 3 is 2.61 bits per heavy atom. The van der Waals surface area contributed by atoms with Crippen LogP contribution in [0.3, 0.4) is 0 Å².